The second kappa shape index (κ2) is 6.18. The molecule has 0 bridgehead atoms. The number of ether oxygens (including phenoxy) is 1. The molecule has 2 rings (SSSR count). The number of amides is 1. The number of nitrogens with one attached hydrogen (secondary N) is 1. The summed E-state index contributed by atoms with van der Waals surface area (Å²) in [5.74, 6) is -0.305. The summed E-state index contributed by atoms with van der Waals surface area (Å²) < 4.78 is 33.9. The molecule has 0 aliphatic heterocycles. The van der Waals surface area contributed by atoms with Crippen LogP contribution in [0.25, 0.3) is 0 Å². The Morgan fingerprint density at radius 3 is 2.70 bits per heavy atom. The fourth-order valence-corrected chi connectivity index (χ4v) is 1.79. The quantitative estimate of drug-likeness (QED) is 0.914. The first-order valence-electron chi connectivity index (χ1n) is 5.94. The minimum atomic E-state index is -2.91. The molecular weight excluding hydrogens is 268 g/mol. The van der Waals surface area contributed by atoms with Gasteiger partial charge in [0.15, 0.2) is 0 Å². The Morgan fingerprint density at radius 1 is 1.30 bits per heavy atom. The van der Waals surface area contributed by atoms with Crippen LogP contribution in [0.15, 0.2) is 47.3 Å². The molecule has 0 spiro atoms. The second-order valence-electron chi connectivity index (χ2n) is 4.12. The van der Waals surface area contributed by atoms with Crippen LogP contribution < -0.4 is 10.1 Å². The maximum absolute atomic E-state index is 12.3. The van der Waals surface area contributed by atoms with E-state index in [1.54, 1.807) is 25.1 Å². The SMILES string of the molecule is CC(NC(=O)c1ccoc1)c1ccccc1OC(F)F. The first-order valence-corrected chi connectivity index (χ1v) is 5.94. The Labute approximate surface area is 114 Å². The number of halogens is 2. The van der Waals surface area contributed by atoms with Crippen molar-refractivity contribution in [3.05, 3.63) is 54.0 Å². The Balaban J connectivity index is 2.13. The maximum Gasteiger partial charge on any atom is 0.387 e. The number of alkyl halides is 2. The molecule has 106 valence electrons. The van der Waals surface area contributed by atoms with Gasteiger partial charge in [-0.25, -0.2) is 0 Å². The standard InChI is InChI=1S/C14H13F2NO3/c1-9(17-13(18)10-6-7-19-8-10)11-4-2-3-5-12(11)20-14(15)16/h2-9,14H,1H3,(H,17,18). The lowest BCUT2D eigenvalue weighted by molar-refractivity contribution is -0.0506. The molecule has 0 fully saturated rings. The zero-order valence-electron chi connectivity index (χ0n) is 10.7. The van der Waals surface area contributed by atoms with Crippen molar-refractivity contribution in [2.24, 2.45) is 0 Å². The highest BCUT2D eigenvalue weighted by molar-refractivity contribution is 5.94. The van der Waals surface area contributed by atoms with Crippen LogP contribution in [0.1, 0.15) is 28.9 Å². The summed E-state index contributed by atoms with van der Waals surface area (Å²) >= 11 is 0. The number of hydrogen-bond acceptors (Lipinski definition) is 3. The number of hydrogen-bond donors (Lipinski definition) is 1. The third-order valence-corrected chi connectivity index (χ3v) is 2.73. The van der Waals surface area contributed by atoms with Crippen molar-refractivity contribution in [1.82, 2.24) is 5.32 Å². The first kappa shape index (κ1) is 14.0. The molecule has 1 heterocycles. The van der Waals surface area contributed by atoms with Gasteiger partial charge in [0.05, 0.1) is 17.9 Å². The minimum absolute atomic E-state index is 0.0440. The maximum atomic E-state index is 12.3. The van der Waals surface area contributed by atoms with Gasteiger partial charge >= 0.3 is 6.61 Å². The second-order valence-corrected chi connectivity index (χ2v) is 4.12. The van der Waals surface area contributed by atoms with Crippen LogP contribution in [0.2, 0.25) is 0 Å². The summed E-state index contributed by atoms with van der Waals surface area (Å²) in [6, 6.07) is 7.37. The van der Waals surface area contributed by atoms with Gasteiger partial charge in [-0.2, -0.15) is 8.78 Å². The van der Waals surface area contributed by atoms with E-state index in [9.17, 15) is 13.6 Å². The van der Waals surface area contributed by atoms with E-state index < -0.39 is 12.7 Å². The Hall–Kier alpha value is -2.37. The van der Waals surface area contributed by atoms with Gasteiger partial charge in [-0.15, -0.1) is 0 Å². The van der Waals surface area contributed by atoms with Crippen molar-refractivity contribution in [1.29, 1.82) is 0 Å². The number of carbonyl (C=O) groups excluding carboxylic acids is 1. The molecule has 6 heteroatoms. The van der Waals surface area contributed by atoms with Gasteiger partial charge in [-0.05, 0) is 19.1 Å². The van der Waals surface area contributed by atoms with E-state index >= 15 is 0 Å². The molecule has 0 aliphatic rings. The average Bonchev–Trinajstić information content (AvgIpc) is 2.92. The summed E-state index contributed by atoms with van der Waals surface area (Å²) in [6.45, 7) is -1.22. The van der Waals surface area contributed by atoms with Gasteiger partial charge in [0, 0.05) is 5.56 Å². The van der Waals surface area contributed by atoms with Crippen molar-refractivity contribution < 1.29 is 22.7 Å². The molecule has 1 atom stereocenters. The van der Waals surface area contributed by atoms with Crippen molar-refractivity contribution in [2.45, 2.75) is 19.6 Å². The van der Waals surface area contributed by atoms with E-state index in [4.69, 9.17) is 4.42 Å². The summed E-state index contributed by atoms with van der Waals surface area (Å²) in [7, 11) is 0. The Morgan fingerprint density at radius 2 is 2.05 bits per heavy atom. The molecule has 0 radical (unpaired) electrons. The van der Waals surface area contributed by atoms with Crippen LogP contribution in [-0.4, -0.2) is 12.5 Å². The first-order chi connectivity index (χ1) is 9.58. The normalized spacial score (nSPS) is 12.2. The molecule has 1 aromatic heterocycles. The van der Waals surface area contributed by atoms with Gasteiger partial charge in [0.2, 0.25) is 0 Å². The van der Waals surface area contributed by atoms with Gasteiger partial charge < -0.3 is 14.5 Å². The topological polar surface area (TPSA) is 51.5 Å². The smallest absolute Gasteiger partial charge is 0.387 e. The molecule has 1 aromatic carbocycles. The molecule has 0 saturated heterocycles. The molecule has 1 N–H and O–H groups in total. The van der Waals surface area contributed by atoms with Gasteiger partial charge in [0.1, 0.15) is 12.0 Å². The molecular formula is C14H13F2NO3. The molecule has 1 unspecified atom stereocenters. The lowest BCUT2D eigenvalue weighted by atomic mass is 10.1. The Bertz CT molecular complexity index is 570. The fraction of sp³-hybridized carbons (Fsp3) is 0.214. The summed E-state index contributed by atoms with van der Waals surface area (Å²) in [5.41, 5.74) is 0.841. The monoisotopic (exact) mass is 281 g/mol. The molecule has 20 heavy (non-hydrogen) atoms. The summed E-state index contributed by atoms with van der Waals surface area (Å²) in [5, 5.41) is 2.69. The van der Waals surface area contributed by atoms with Gasteiger partial charge in [-0.1, -0.05) is 18.2 Å². The number of benzene rings is 1. The van der Waals surface area contributed by atoms with Crippen molar-refractivity contribution in [3.63, 3.8) is 0 Å². The highest BCUT2D eigenvalue weighted by Crippen LogP contribution is 2.26. The number of rotatable bonds is 5. The van der Waals surface area contributed by atoms with Crippen LogP contribution in [0, 0.1) is 0 Å². The number of carbonyl (C=O) groups is 1. The van der Waals surface area contributed by atoms with E-state index in [0.29, 0.717) is 11.1 Å². The molecule has 2 aromatic rings. The third-order valence-electron chi connectivity index (χ3n) is 2.73. The van der Waals surface area contributed by atoms with Crippen molar-refractivity contribution >= 4 is 5.91 Å². The molecule has 0 aliphatic carbocycles. The average molecular weight is 281 g/mol. The van der Waals surface area contributed by atoms with Gasteiger partial charge in [-0.3, -0.25) is 4.79 Å². The predicted molar refractivity (Wildman–Crippen MR) is 67.7 cm³/mol. The molecule has 1 amide bonds. The zero-order valence-corrected chi connectivity index (χ0v) is 10.7. The van der Waals surface area contributed by atoms with Crippen LogP contribution in [0.4, 0.5) is 8.78 Å². The lowest BCUT2D eigenvalue weighted by Crippen LogP contribution is -2.26. The van der Waals surface area contributed by atoms with Crippen LogP contribution >= 0.6 is 0 Å². The highest BCUT2D eigenvalue weighted by Gasteiger charge is 2.17. The third kappa shape index (κ3) is 3.34. The fourth-order valence-electron chi connectivity index (χ4n) is 1.79. The number of furan rings is 1. The van der Waals surface area contributed by atoms with Crippen molar-refractivity contribution in [3.8, 4) is 5.75 Å². The van der Waals surface area contributed by atoms with Crippen LogP contribution in [0.5, 0.6) is 5.75 Å². The van der Waals surface area contributed by atoms with E-state index in [1.165, 1.54) is 24.7 Å². The Kier molecular flexibility index (Phi) is 4.34. The largest absolute Gasteiger partial charge is 0.472 e. The van der Waals surface area contributed by atoms with E-state index in [-0.39, 0.29) is 11.7 Å². The summed E-state index contributed by atoms with van der Waals surface area (Å²) in [4.78, 5) is 11.9. The van der Waals surface area contributed by atoms with Crippen LogP contribution in [-0.2, 0) is 0 Å². The van der Waals surface area contributed by atoms with E-state index in [1.807, 2.05) is 0 Å². The van der Waals surface area contributed by atoms with Crippen LogP contribution in [0.3, 0.4) is 0 Å². The lowest BCUT2D eigenvalue weighted by Gasteiger charge is -2.17. The zero-order chi connectivity index (χ0) is 14.5. The van der Waals surface area contributed by atoms with E-state index in [2.05, 4.69) is 10.1 Å². The summed E-state index contributed by atoms with van der Waals surface area (Å²) in [6.07, 6.45) is 2.69. The minimum Gasteiger partial charge on any atom is -0.472 e. The highest BCUT2D eigenvalue weighted by atomic mass is 19.3. The molecule has 4 nitrogen and oxygen atoms in total. The molecule has 0 saturated carbocycles. The van der Waals surface area contributed by atoms with Crippen molar-refractivity contribution in [2.75, 3.05) is 0 Å². The van der Waals surface area contributed by atoms with Gasteiger partial charge in [0.25, 0.3) is 5.91 Å². The number of para-hydroxylation sites is 1. The predicted octanol–water partition coefficient (Wildman–Crippen LogP) is 3.37. The van der Waals surface area contributed by atoms with E-state index in [0.717, 1.165) is 0 Å².